The third-order valence-corrected chi connectivity index (χ3v) is 2.89. The minimum Gasteiger partial charge on any atom is -0.344 e. The number of carbonyl (C=O) groups excluding carboxylic acids is 1. The van der Waals surface area contributed by atoms with Crippen molar-refractivity contribution in [3.63, 3.8) is 0 Å². The van der Waals surface area contributed by atoms with E-state index in [0.717, 1.165) is 32.5 Å². The van der Waals surface area contributed by atoms with Crippen LogP contribution in [-0.2, 0) is 4.79 Å². The summed E-state index contributed by atoms with van der Waals surface area (Å²) in [5.74, 6) is 0.231. The van der Waals surface area contributed by atoms with Crippen LogP contribution in [0.2, 0.25) is 0 Å². The second-order valence-electron chi connectivity index (χ2n) is 3.84. The van der Waals surface area contributed by atoms with Crippen LogP contribution in [0.15, 0.2) is 0 Å². The van der Waals surface area contributed by atoms with Gasteiger partial charge in [-0.2, -0.15) is 0 Å². The van der Waals surface area contributed by atoms with E-state index in [0.29, 0.717) is 6.54 Å². The van der Waals surface area contributed by atoms with E-state index < -0.39 is 0 Å². The Morgan fingerprint density at radius 2 is 2.21 bits per heavy atom. The van der Waals surface area contributed by atoms with Crippen LogP contribution in [0.5, 0.6) is 0 Å². The van der Waals surface area contributed by atoms with Crippen LogP contribution in [0.1, 0.15) is 19.8 Å². The first kappa shape index (κ1) is 11.5. The van der Waals surface area contributed by atoms with E-state index >= 15 is 0 Å². The van der Waals surface area contributed by atoms with Gasteiger partial charge in [-0.15, -0.1) is 0 Å². The van der Waals surface area contributed by atoms with E-state index in [1.54, 1.807) is 0 Å². The molecule has 82 valence electrons. The molecule has 1 atom stereocenters. The molecule has 1 rings (SSSR count). The average molecular weight is 199 g/mol. The molecule has 0 spiro atoms. The van der Waals surface area contributed by atoms with Crippen LogP contribution in [0.25, 0.3) is 0 Å². The Kier molecular flexibility index (Phi) is 4.35. The van der Waals surface area contributed by atoms with Crippen LogP contribution in [-0.4, -0.2) is 55.0 Å². The summed E-state index contributed by atoms with van der Waals surface area (Å²) in [5, 5.41) is 0. The van der Waals surface area contributed by atoms with Crippen molar-refractivity contribution in [2.24, 2.45) is 5.73 Å². The fourth-order valence-electron chi connectivity index (χ4n) is 2.03. The number of nitrogens with two attached hydrogens (primary N) is 1. The van der Waals surface area contributed by atoms with Gasteiger partial charge in [0, 0.05) is 20.1 Å². The van der Waals surface area contributed by atoms with Gasteiger partial charge < -0.3 is 10.6 Å². The van der Waals surface area contributed by atoms with Gasteiger partial charge in [-0.25, -0.2) is 0 Å². The Labute approximate surface area is 86.0 Å². The fourth-order valence-corrected chi connectivity index (χ4v) is 2.03. The molecule has 14 heavy (non-hydrogen) atoms. The Balaban J connectivity index is 2.71. The second-order valence-corrected chi connectivity index (χ2v) is 3.84. The van der Waals surface area contributed by atoms with Crippen molar-refractivity contribution in [2.45, 2.75) is 25.8 Å². The first-order valence-corrected chi connectivity index (χ1v) is 5.39. The number of hydrogen-bond donors (Lipinski definition) is 1. The maximum Gasteiger partial charge on any atom is 0.239 e. The van der Waals surface area contributed by atoms with Gasteiger partial charge in [-0.05, 0) is 25.9 Å². The van der Waals surface area contributed by atoms with Crippen molar-refractivity contribution in [1.82, 2.24) is 9.80 Å². The molecule has 1 saturated heterocycles. The largest absolute Gasteiger partial charge is 0.344 e. The summed E-state index contributed by atoms with van der Waals surface area (Å²) in [5.41, 5.74) is 5.54. The van der Waals surface area contributed by atoms with Gasteiger partial charge in [0.15, 0.2) is 0 Å². The molecular weight excluding hydrogens is 178 g/mol. The zero-order chi connectivity index (χ0) is 10.6. The highest BCUT2D eigenvalue weighted by Gasteiger charge is 2.28. The molecule has 4 heteroatoms. The first-order chi connectivity index (χ1) is 6.70. The highest BCUT2D eigenvalue weighted by Crippen LogP contribution is 2.12. The lowest BCUT2D eigenvalue weighted by Crippen LogP contribution is -2.45. The summed E-state index contributed by atoms with van der Waals surface area (Å²) in [6.45, 7) is 5.50. The van der Waals surface area contributed by atoms with E-state index in [-0.39, 0.29) is 11.9 Å². The molecular formula is C10H21N3O. The average Bonchev–Trinajstić information content (AvgIpc) is 2.31. The van der Waals surface area contributed by atoms with Crippen molar-refractivity contribution in [2.75, 3.05) is 33.2 Å². The van der Waals surface area contributed by atoms with Crippen LogP contribution in [0, 0.1) is 0 Å². The lowest BCUT2D eigenvalue weighted by molar-refractivity contribution is -0.134. The quantitative estimate of drug-likeness (QED) is 0.690. The Morgan fingerprint density at radius 1 is 1.50 bits per heavy atom. The second kappa shape index (κ2) is 5.32. The smallest absolute Gasteiger partial charge is 0.239 e. The maximum absolute atomic E-state index is 11.9. The lowest BCUT2D eigenvalue weighted by atomic mass is 10.1. The van der Waals surface area contributed by atoms with Crippen LogP contribution >= 0.6 is 0 Å². The summed E-state index contributed by atoms with van der Waals surface area (Å²) < 4.78 is 0. The molecule has 1 fully saturated rings. The molecule has 2 N–H and O–H groups in total. The molecule has 4 nitrogen and oxygen atoms in total. The molecule has 0 saturated carbocycles. The van der Waals surface area contributed by atoms with Gasteiger partial charge in [0.1, 0.15) is 0 Å². The maximum atomic E-state index is 11.9. The minimum atomic E-state index is 0.0116. The molecule has 0 aromatic carbocycles. The summed E-state index contributed by atoms with van der Waals surface area (Å²) in [6, 6.07) is 0.0116. The molecule has 0 aromatic heterocycles. The molecule has 0 radical (unpaired) electrons. The van der Waals surface area contributed by atoms with E-state index in [1.165, 1.54) is 0 Å². The monoisotopic (exact) mass is 199 g/mol. The topological polar surface area (TPSA) is 49.6 Å². The molecule has 0 aromatic rings. The van der Waals surface area contributed by atoms with Crippen molar-refractivity contribution < 1.29 is 4.79 Å². The van der Waals surface area contributed by atoms with Crippen LogP contribution in [0.3, 0.4) is 0 Å². The number of carbonyl (C=O) groups is 1. The standard InChI is InChI=1S/C10H21N3O/c1-3-13-8-4-7-12(2)10(14)9(13)5-6-11/h9H,3-8,11H2,1-2H3. The summed E-state index contributed by atoms with van der Waals surface area (Å²) in [6.07, 6.45) is 1.84. The molecule has 1 heterocycles. The van der Waals surface area contributed by atoms with Crippen LogP contribution < -0.4 is 5.73 Å². The van der Waals surface area contributed by atoms with Gasteiger partial charge in [0.25, 0.3) is 0 Å². The number of hydrogen-bond acceptors (Lipinski definition) is 3. The molecule has 0 bridgehead atoms. The summed E-state index contributed by atoms with van der Waals surface area (Å²) in [4.78, 5) is 16.0. The van der Waals surface area contributed by atoms with Gasteiger partial charge in [0.05, 0.1) is 6.04 Å². The van der Waals surface area contributed by atoms with E-state index in [4.69, 9.17) is 5.73 Å². The molecule has 0 aliphatic carbocycles. The summed E-state index contributed by atoms with van der Waals surface area (Å²) in [7, 11) is 1.88. The fraction of sp³-hybridized carbons (Fsp3) is 0.900. The van der Waals surface area contributed by atoms with Gasteiger partial charge in [-0.3, -0.25) is 9.69 Å². The Bertz CT molecular complexity index is 196. The lowest BCUT2D eigenvalue weighted by Gasteiger charge is -2.28. The number of rotatable bonds is 3. The normalized spacial score (nSPS) is 25.2. The van der Waals surface area contributed by atoms with Crippen molar-refractivity contribution >= 4 is 5.91 Å². The van der Waals surface area contributed by atoms with Crippen molar-refractivity contribution in [3.05, 3.63) is 0 Å². The first-order valence-electron chi connectivity index (χ1n) is 5.39. The molecule has 1 amide bonds. The predicted molar refractivity (Wildman–Crippen MR) is 57.0 cm³/mol. The summed E-state index contributed by atoms with van der Waals surface area (Å²) >= 11 is 0. The Morgan fingerprint density at radius 3 is 2.79 bits per heavy atom. The number of likely N-dealkylation sites (N-methyl/N-ethyl adjacent to an activating group) is 2. The Hall–Kier alpha value is -0.610. The SMILES string of the molecule is CCN1CCCN(C)C(=O)C1CCN. The molecule has 1 aliphatic heterocycles. The minimum absolute atomic E-state index is 0.0116. The van der Waals surface area contributed by atoms with Gasteiger partial charge in [0.2, 0.25) is 5.91 Å². The highest BCUT2D eigenvalue weighted by atomic mass is 16.2. The number of amides is 1. The van der Waals surface area contributed by atoms with E-state index in [1.807, 2.05) is 11.9 Å². The van der Waals surface area contributed by atoms with Crippen molar-refractivity contribution in [3.8, 4) is 0 Å². The predicted octanol–water partition coefficient (Wildman–Crippen LogP) is -0.112. The van der Waals surface area contributed by atoms with Crippen LogP contribution in [0.4, 0.5) is 0 Å². The molecule has 1 unspecified atom stereocenters. The number of nitrogens with zero attached hydrogens (tertiary/aromatic N) is 2. The van der Waals surface area contributed by atoms with Gasteiger partial charge >= 0.3 is 0 Å². The highest BCUT2D eigenvalue weighted by molar-refractivity contribution is 5.81. The van der Waals surface area contributed by atoms with E-state index in [2.05, 4.69) is 11.8 Å². The third kappa shape index (κ3) is 2.45. The zero-order valence-corrected chi connectivity index (χ0v) is 9.20. The van der Waals surface area contributed by atoms with Gasteiger partial charge in [-0.1, -0.05) is 6.92 Å². The van der Waals surface area contributed by atoms with E-state index in [9.17, 15) is 4.79 Å². The zero-order valence-electron chi connectivity index (χ0n) is 9.20. The molecule has 1 aliphatic rings. The van der Waals surface area contributed by atoms with Crippen molar-refractivity contribution in [1.29, 1.82) is 0 Å². The third-order valence-electron chi connectivity index (χ3n) is 2.89.